The summed E-state index contributed by atoms with van der Waals surface area (Å²) in [6.07, 6.45) is 2.80. The molecule has 0 radical (unpaired) electrons. The summed E-state index contributed by atoms with van der Waals surface area (Å²) in [5.41, 5.74) is 2.54. The van der Waals surface area contributed by atoms with Crippen LogP contribution in [0, 0.1) is 0 Å². The number of aromatic nitrogens is 2. The van der Waals surface area contributed by atoms with Gasteiger partial charge in [-0.3, -0.25) is 4.55 Å². The number of hydrogen-bond acceptors (Lipinski definition) is 10. The number of anilines is 4. The van der Waals surface area contributed by atoms with Crippen LogP contribution in [0.15, 0.2) is 83.9 Å². The smallest absolute Gasteiger partial charge is 0.323 e. The van der Waals surface area contributed by atoms with E-state index < -0.39 is 27.1 Å². The minimum Gasteiger partial charge on any atom is -0.497 e. The van der Waals surface area contributed by atoms with Crippen molar-refractivity contribution >= 4 is 60.9 Å². The molecule has 5 N–H and O–H groups in total. The van der Waals surface area contributed by atoms with Gasteiger partial charge in [-0.2, -0.15) is 4.98 Å². The van der Waals surface area contributed by atoms with Crippen molar-refractivity contribution in [3.63, 3.8) is 0 Å². The van der Waals surface area contributed by atoms with Crippen molar-refractivity contribution in [2.24, 2.45) is 0 Å². The fourth-order valence-corrected chi connectivity index (χ4v) is 7.66. The van der Waals surface area contributed by atoms with Gasteiger partial charge in [-0.25, -0.2) is 27.1 Å². The Bertz CT molecular complexity index is 2310. The molecule has 4 aromatic carbocycles. The maximum Gasteiger partial charge on any atom is 0.323 e. The van der Waals surface area contributed by atoms with Gasteiger partial charge in [0, 0.05) is 46.9 Å². The fourth-order valence-electron chi connectivity index (χ4n) is 5.67. The molecule has 1 aromatic heterocycles. The number of hydrogen-bond donors (Lipinski definition) is 5. The highest BCUT2D eigenvalue weighted by Crippen LogP contribution is 2.38. The molecule has 0 saturated heterocycles. The molecule has 2 amide bonds. The number of amides is 2. The van der Waals surface area contributed by atoms with Gasteiger partial charge < -0.3 is 30.2 Å². The summed E-state index contributed by atoms with van der Waals surface area (Å²) in [4.78, 5) is 22.4. The van der Waals surface area contributed by atoms with Crippen LogP contribution in [0.2, 0.25) is 0 Å². The Morgan fingerprint density at radius 2 is 1.68 bits per heavy atom. The Kier molecular flexibility index (Phi) is 10.9. The van der Waals surface area contributed by atoms with Gasteiger partial charge in [-0.05, 0) is 54.2 Å². The van der Waals surface area contributed by atoms with Crippen LogP contribution in [0.4, 0.5) is 27.8 Å². The molecule has 16 heteroatoms. The number of ether oxygens (including phenoxy) is 3. The Morgan fingerprint density at radius 1 is 0.943 bits per heavy atom. The second kappa shape index (κ2) is 15.4. The van der Waals surface area contributed by atoms with Gasteiger partial charge in [0.1, 0.15) is 17.2 Å². The number of sulfone groups is 1. The molecule has 1 atom stereocenters. The van der Waals surface area contributed by atoms with E-state index in [0.717, 1.165) is 5.56 Å². The first-order valence-electron chi connectivity index (χ1n) is 16.6. The molecule has 1 heterocycles. The molecule has 5 aromatic rings. The second-order valence-corrected chi connectivity index (χ2v) is 16.4. The Morgan fingerprint density at radius 3 is 2.36 bits per heavy atom. The van der Waals surface area contributed by atoms with Crippen molar-refractivity contribution in [2.75, 3.05) is 30.2 Å². The first-order chi connectivity index (χ1) is 25.2. The predicted molar refractivity (Wildman–Crippen MR) is 204 cm³/mol. The van der Waals surface area contributed by atoms with Crippen LogP contribution in [-0.2, 0) is 33.1 Å². The van der Waals surface area contributed by atoms with Crippen molar-refractivity contribution in [1.29, 1.82) is 0 Å². The van der Waals surface area contributed by atoms with Crippen molar-refractivity contribution in [1.82, 2.24) is 14.7 Å². The largest absolute Gasteiger partial charge is 0.497 e. The number of nitrogens with one attached hydrogen (secondary N) is 4. The average molecular weight is 761 g/mol. The zero-order valence-corrected chi connectivity index (χ0v) is 31.4. The van der Waals surface area contributed by atoms with Crippen LogP contribution in [0.25, 0.3) is 10.8 Å². The molecular weight excluding hydrogens is 721 g/mol. The van der Waals surface area contributed by atoms with Gasteiger partial charge in [-0.15, -0.1) is 0 Å². The SMILES string of the molecule is COc1cc(Nc2nccc(Oc3ccc(NC(=O)Nc4cc(C(C)(C)C)cc(CNS(=O)O)c4OC)c4ccccc34)n2)cc(S(=O)(=O)C2CC2)c1. The van der Waals surface area contributed by atoms with Crippen LogP contribution < -0.4 is 34.9 Å². The number of fused-ring (bicyclic) bond motifs is 1. The van der Waals surface area contributed by atoms with Crippen LogP contribution >= 0.6 is 0 Å². The number of benzene rings is 4. The van der Waals surface area contributed by atoms with E-state index in [0.29, 0.717) is 63.5 Å². The molecule has 1 fully saturated rings. The highest BCUT2D eigenvalue weighted by Gasteiger charge is 2.37. The lowest BCUT2D eigenvalue weighted by Gasteiger charge is -2.24. The topological polar surface area (TPSA) is 190 Å². The van der Waals surface area contributed by atoms with E-state index in [9.17, 15) is 22.0 Å². The minimum atomic E-state index is -3.47. The molecule has 0 aliphatic heterocycles. The molecule has 278 valence electrons. The van der Waals surface area contributed by atoms with E-state index in [2.05, 4.69) is 30.6 Å². The number of carbonyl (C=O) groups is 1. The van der Waals surface area contributed by atoms with E-state index >= 15 is 0 Å². The van der Waals surface area contributed by atoms with Crippen LogP contribution in [0.1, 0.15) is 44.7 Å². The van der Waals surface area contributed by atoms with Crippen molar-refractivity contribution in [3.05, 3.63) is 90.1 Å². The molecular formula is C37H40N6O8S2. The van der Waals surface area contributed by atoms with Crippen LogP contribution in [-0.4, -0.2) is 52.6 Å². The van der Waals surface area contributed by atoms with Gasteiger partial charge in [0.2, 0.25) is 23.1 Å². The summed E-state index contributed by atoms with van der Waals surface area (Å²) >= 11 is -2.24. The summed E-state index contributed by atoms with van der Waals surface area (Å²) in [6.45, 7) is 6.11. The van der Waals surface area contributed by atoms with Crippen LogP contribution in [0.3, 0.4) is 0 Å². The van der Waals surface area contributed by atoms with Gasteiger partial charge in [-0.1, -0.05) is 51.1 Å². The zero-order chi connectivity index (χ0) is 37.9. The highest BCUT2D eigenvalue weighted by molar-refractivity contribution is 7.92. The van der Waals surface area contributed by atoms with E-state index in [1.807, 2.05) is 57.2 Å². The Hall–Kier alpha value is -5.29. The third-order valence-corrected chi connectivity index (χ3v) is 11.1. The lowest BCUT2D eigenvalue weighted by Crippen LogP contribution is -2.22. The first-order valence-corrected chi connectivity index (χ1v) is 19.3. The van der Waals surface area contributed by atoms with E-state index in [4.69, 9.17) is 14.2 Å². The van der Waals surface area contributed by atoms with Crippen molar-refractivity contribution < 1.29 is 36.2 Å². The maximum absolute atomic E-state index is 13.5. The maximum atomic E-state index is 13.5. The van der Waals surface area contributed by atoms with E-state index in [1.54, 1.807) is 24.3 Å². The summed E-state index contributed by atoms with van der Waals surface area (Å²) in [6, 6.07) is 20.3. The Balaban J connectivity index is 1.22. The lowest BCUT2D eigenvalue weighted by molar-refractivity contribution is 0.262. The molecule has 0 bridgehead atoms. The molecule has 0 spiro atoms. The van der Waals surface area contributed by atoms with Crippen molar-refractivity contribution in [3.8, 4) is 23.1 Å². The summed E-state index contributed by atoms with van der Waals surface area (Å²) in [7, 11) is -0.530. The number of nitrogens with zero attached hydrogens (tertiary/aromatic N) is 2. The zero-order valence-electron chi connectivity index (χ0n) is 29.7. The molecule has 1 aliphatic carbocycles. The summed E-state index contributed by atoms with van der Waals surface area (Å²) in [5.74, 6) is 1.61. The molecule has 6 rings (SSSR count). The third kappa shape index (κ3) is 8.85. The summed E-state index contributed by atoms with van der Waals surface area (Å²) in [5, 5.41) is 9.88. The predicted octanol–water partition coefficient (Wildman–Crippen LogP) is 7.29. The molecule has 14 nitrogen and oxygen atoms in total. The van der Waals surface area contributed by atoms with E-state index in [-0.39, 0.29) is 33.9 Å². The number of rotatable bonds is 13. The van der Waals surface area contributed by atoms with Crippen LogP contribution in [0.5, 0.6) is 23.1 Å². The molecule has 1 saturated carbocycles. The van der Waals surface area contributed by atoms with Gasteiger partial charge in [0.15, 0.2) is 9.84 Å². The quantitative estimate of drug-likeness (QED) is 0.0758. The normalized spacial score (nSPS) is 13.6. The van der Waals surface area contributed by atoms with Gasteiger partial charge >= 0.3 is 6.03 Å². The van der Waals surface area contributed by atoms with Gasteiger partial charge in [0.25, 0.3) is 0 Å². The standard InChI is InChI=1S/C37H40N6O8S2/c1-37(2,3)23-16-22(21-39-52(45)46)34(50-5)31(17-23)42-36(44)41-30-12-13-32(29-9-7-6-8-28(29)30)51-33-14-15-38-35(43-33)40-24-18-25(49-4)20-27(19-24)53(47,48)26-10-11-26/h6-9,12-20,26,39H,10-11,21H2,1-5H3,(H,45,46)(H,38,40,43)(H2,41,42,44). The van der Waals surface area contributed by atoms with Crippen molar-refractivity contribution in [2.45, 2.75) is 55.7 Å². The molecule has 1 aliphatic rings. The number of urea groups is 1. The molecule has 1 unspecified atom stereocenters. The number of methoxy groups -OCH3 is 2. The minimum absolute atomic E-state index is 0.0368. The Labute approximate surface area is 310 Å². The highest BCUT2D eigenvalue weighted by atomic mass is 32.2. The first kappa shape index (κ1) is 37.5. The van der Waals surface area contributed by atoms with E-state index in [1.165, 1.54) is 32.5 Å². The summed E-state index contributed by atoms with van der Waals surface area (Å²) < 4.78 is 66.2. The fraction of sp³-hybridized carbons (Fsp3) is 0.270. The average Bonchev–Trinajstić information content (AvgIpc) is 3.98. The van der Waals surface area contributed by atoms with Gasteiger partial charge in [0.05, 0.1) is 35.7 Å². The third-order valence-electron chi connectivity index (χ3n) is 8.51. The lowest BCUT2D eigenvalue weighted by atomic mass is 9.85. The molecule has 53 heavy (non-hydrogen) atoms. The second-order valence-electron chi connectivity index (χ2n) is 13.4. The monoisotopic (exact) mass is 760 g/mol. The number of carbonyl (C=O) groups excluding carboxylic acids is 1.